The van der Waals surface area contributed by atoms with E-state index in [1.54, 1.807) is 0 Å². The van der Waals surface area contributed by atoms with E-state index in [2.05, 4.69) is 36.8 Å². The third kappa shape index (κ3) is 5.86. The fraction of sp³-hybridized carbons (Fsp3) is 0.500. The van der Waals surface area contributed by atoms with Gasteiger partial charge in [0.1, 0.15) is 17.4 Å². The van der Waals surface area contributed by atoms with Gasteiger partial charge in [0.05, 0.1) is 0 Å². The van der Waals surface area contributed by atoms with Gasteiger partial charge >= 0.3 is 5.97 Å². The molecule has 0 saturated carbocycles. The molecule has 0 aromatic heterocycles. The van der Waals surface area contributed by atoms with Crippen molar-refractivity contribution in [2.45, 2.75) is 45.4 Å². The van der Waals surface area contributed by atoms with E-state index in [4.69, 9.17) is 4.74 Å². The minimum atomic E-state index is -0.833. The summed E-state index contributed by atoms with van der Waals surface area (Å²) in [6.45, 7) is 10.0. The standard InChI is InChI=1S/C26H36N2O3/c1-4-28(5-2)19-11-18-27(3)17-9-8-12-20-13-10-15-22-24(26(29)30)21-14-6-7-16-23(21)31-25(20)22/h6-7,10,13-16,24H,4-5,8-9,11-12,17-19H2,1-3H3,(H,29,30). The average molecular weight is 425 g/mol. The lowest BCUT2D eigenvalue weighted by Gasteiger charge is -2.27. The fourth-order valence-corrected chi connectivity index (χ4v) is 4.42. The molecule has 0 saturated heterocycles. The van der Waals surface area contributed by atoms with Crippen molar-refractivity contribution in [1.82, 2.24) is 9.80 Å². The molecule has 1 aliphatic rings. The number of ether oxygens (including phenoxy) is 1. The molecule has 5 heteroatoms. The van der Waals surface area contributed by atoms with Gasteiger partial charge in [-0.25, -0.2) is 0 Å². The number of para-hydroxylation sites is 2. The van der Waals surface area contributed by atoms with Gasteiger partial charge in [-0.3, -0.25) is 4.79 Å². The number of rotatable bonds is 12. The van der Waals surface area contributed by atoms with Gasteiger partial charge in [-0.05, 0) is 77.1 Å². The fourth-order valence-electron chi connectivity index (χ4n) is 4.42. The highest BCUT2D eigenvalue weighted by molar-refractivity contribution is 5.84. The molecule has 0 fully saturated rings. The molecule has 1 unspecified atom stereocenters. The Bertz CT molecular complexity index is 863. The molecule has 0 radical (unpaired) electrons. The van der Waals surface area contributed by atoms with E-state index in [1.807, 2.05) is 36.4 Å². The van der Waals surface area contributed by atoms with Gasteiger partial charge in [0.15, 0.2) is 0 Å². The van der Waals surface area contributed by atoms with Crippen LogP contribution in [0.25, 0.3) is 0 Å². The first-order chi connectivity index (χ1) is 15.0. The van der Waals surface area contributed by atoms with Crippen LogP contribution in [0.1, 0.15) is 55.7 Å². The van der Waals surface area contributed by atoms with Crippen molar-refractivity contribution >= 4 is 5.97 Å². The molecule has 3 rings (SSSR count). The van der Waals surface area contributed by atoms with E-state index < -0.39 is 11.9 Å². The summed E-state index contributed by atoms with van der Waals surface area (Å²) in [4.78, 5) is 16.9. The van der Waals surface area contributed by atoms with Gasteiger partial charge in [0.2, 0.25) is 0 Å². The van der Waals surface area contributed by atoms with Crippen LogP contribution in [-0.4, -0.2) is 60.6 Å². The zero-order valence-corrected chi connectivity index (χ0v) is 19.1. The van der Waals surface area contributed by atoms with Gasteiger partial charge in [0.25, 0.3) is 0 Å². The predicted molar refractivity (Wildman–Crippen MR) is 125 cm³/mol. The summed E-state index contributed by atoms with van der Waals surface area (Å²) in [5.41, 5.74) is 2.59. The normalized spacial score (nSPS) is 14.9. The van der Waals surface area contributed by atoms with Crippen molar-refractivity contribution in [2.24, 2.45) is 0 Å². The molecule has 0 aliphatic carbocycles. The zero-order chi connectivity index (χ0) is 22.2. The highest BCUT2D eigenvalue weighted by atomic mass is 16.5. The number of aliphatic carboxylic acids is 1. The van der Waals surface area contributed by atoms with Crippen LogP contribution in [0.3, 0.4) is 0 Å². The van der Waals surface area contributed by atoms with E-state index >= 15 is 0 Å². The van der Waals surface area contributed by atoms with Crippen molar-refractivity contribution in [1.29, 1.82) is 0 Å². The summed E-state index contributed by atoms with van der Waals surface area (Å²) in [6, 6.07) is 13.4. The number of nitrogens with zero attached hydrogens (tertiary/aromatic N) is 2. The van der Waals surface area contributed by atoms with Crippen molar-refractivity contribution in [2.75, 3.05) is 39.8 Å². The third-order valence-electron chi connectivity index (χ3n) is 6.27. The van der Waals surface area contributed by atoms with Gasteiger partial charge in [-0.2, -0.15) is 0 Å². The first-order valence-corrected chi connectivity index (χ1v) is 11.6. The van der Waals surface area contributed by atoms with Crippen LogP contribution in [0.5, 0.6) is 11.5 Å². The first kappa shape index (κ1) is 23.3. The predicted octanol–water partition coefficient (Wildman–Crippen LogP) is 5.00. The molecule has 1 aliphatic heterocycles. The van der Waals surface area contributed by atoms with Crippen LogP contribution < -0.4 is 4.74 Å². The number of carboxylic acids is 1. The topological polar surface area (TPSA) is 53.0 Å². The van der Waals surface area contributed by atoms with Crippen LogP contribution in [0.4, 0.5) is 0 Å². The highest BCUT2D eigenvalue weighted by Gasteiger charge is 2.33. The molecule has 31 heavy (non-hydrogen) atoms. The summed E-state index contributed by atoms with van der Waals surface area (Å²) in [7, 11) is 2.20. The molecule has 5 nitrogen and oxygen atoms in total. The van der Waals surface area contributed by atoms with Crippen molar-refractivity contribution in [3.8, 4) is 11.5 Å². The number of hydrogen-bond donors (Lipinski definition) is 1. The molecule has 1 atom stereocenters. The van der Waals surface area contributed by atoms with Crippen molar-refractivity contribution in [3.63, 3.8) is 0 Å². The molecule has 1 N–H and O–H groups in total. The Morgan fingerprint density at radius 1 is 0.935 bits per heavy atom. The smallest absolute Gasteiger partial charge is 0.315 e. The largest absolute Gasteiger partial charge is 0.481 e. The van der Waals surface area contributed by atoms with E-state index in [-0.39, 0.29) is 0 Å². The molecule has 1 heterocycles. The van der Waals surface area contributed by atoms with E-state index in [1.165, 1.54) is 6.42 Å². The second-order valence-corrected chi connectivity index (χ2v) is 8.39. The summed E-state index contributed by atoms with van der Waals surface area (Å²) < 4.78 is 6.19. The van der Waals surface area contributed by atoms with Crippen LogP contribution in [0.15, 0.2) is 42.5 Å². The maximum Gasteiger partial charge on any atom is 0.315 e. The number of benzene rings is 2. The SMILES string of the molecule is CCN(CC)CCCN(C)CCCCc1cccc2c1Oc1ccccc1C2C(=O)O. The van der Waals surface area contributed by atoms with Gasteiger partial charge in [-0.1, -0.05) is 50.2 Å². The highest BCUT2D eigenvalue weighted by Crippen LogP contribution is 2.45. The van der Waals surface area contributed by atoms with E-state index in [0.717, 1.165) is 74.4 Å². The lowest BCUT2D eigenvalue weighted by atomic mass is 9.86. The molecule has 0 amide bonds. The minimum absolute atomic E-state index is 0.655. The Hall–Kier alpha value is -2.37. The van der Waals surface area contributed by atoms with Crippen LogP contribution in [0, 0.1) is 0 Å². The summed E-state index contributed by atoms with van der Waals surface area (Å²) in [6.07, 6.45) is 4.27. The molecular weight excluding hydrogens is 388 g/mol. The van der Waals surface area contributed by atoms with Crippen LogP contribution in [-0.2, 0) is 11.2 Å². The molecule has 168 valence electrons. The van der Waals surface area contributed by atoms with Gasteiger partial charge in [-0.15, -0.1) is 0 Å². The molecule has 2 aromatic carbocycles. The lowest BCUT2D eigenvalue weighted by Crippen LogP contribution is -2.28. The Morgan fingerprint density at radius 2 is 1.65 bits per heavy atom. The summed E-state index contributed by atoms with van der Waals surface area (Å²) in [5.74, 6) is -0.110. The molecule has 0 bridgehead atoms. The number of unbranched alkanes of at least 4 members (excludes halogenated alkanes) is 1. The maximum atomic E-state index is 12.0. The molecular formula is C26H36N2O3. The van der Waals surface area contributed by atoms with Crippen LogP contribution in [0.2, 0.25) is 0 Å². The van der Waals surface area contributed by atoms with Gasteiger partial charge in [0, 0.05) is 11.1 Å². The lowest BCUT2D eigenvalue weighted by molar-refractivity contribution is -0.137. The monoisotopic (exact) mass is 424 g/mol. The van der Waals surface area contributed by atoms with Crippen LogP contribution >= 0.6 is 0 Å². The number of aryl methyl sites for hydroxylation is 1. The Kier molecular flexibility index (Phi) is 8.50. The van der Waals surface area contributed by atoms with Crippen molar-refractivity contribution < 1.29 is 14.6 Å². The average Bonchev–Trinajstić information content (AvgIpc) is 2.78. The van der Waals surface area contributed by atoms with Gasteiger partial charge < -0.3 is 19.6 Å². The molecule has 0 spiro atoms. The first-order valence-electron chi connectivity index (χ1n) is 11.6. The zero-order valence-electron chi connectivity index (χ0n) is 19.1. The Balaban J connectivity index is 1.55. The van der Waals surface area contributed by atoms with E-state index in [0.29, 0.717) is 5.75 Å². The number of carboxylic acid groups (broad SMARTS) is 1. The Morgan fingerprint density at radius 3 is 2.39 bits per heavy atom. The summed E-state index contributed by atoms with van der Waals surface area (Å²) >= 11 is 0. The molecule has 2 aromatic rings. The maximum absolute atomic E-state index is 12.0. The second kappa shape index (κ2) is 11.3. The Labute approximate surface area is 186 Å². The third-order valence-corrected chi connectivity index (χ3v) is 6.27. The van der Waals surface area contributed by atoms with E-state index in [9.17, 15) is 9.90 Å². The number of fused-ring (bicyclic) bond motifs is 2. The quantitative estimate of drug-likeness (QED) is 0.486. The van der Waals surface area contributed by atoms with Crippen molar-refractivity contribution in [3.05, 3.63) is 59.2 Å². The minimum Gasteiger partial charge on any atom is -0.481 e. The second-order valence-electron chi connectivity index (χ2n) is 8.39. The number of carbonyl (C=O) groups is 1. The summed E-state index contributed by atoms with van der Waals surface area (Å²) in [5, 5.41) is 9.87. The number of hydrogen-bond acceptors (Lipinski definition) is 4.